The third-order valence-corrected chi connectivity index (χ3v) is 7.27. The van der Waals surface area contributed by atoms with Crippen molar-refractivity contribution in [3.63, 3.8) is 0 Å². The van der Waals surface area contributed by atoms with Gasteiger partial charge in [-0.15, -0.1) is 0 Å². The van der Waals surface area contributed by atoms with Crippen LogP contribution in [0.25, 0.3) is 11.3 Å². The van der Waals surface area contributed by atoms with Gasteiger partial charge in [0.2, 0.25) is 0 Å². The Morgan fingerprint density at radius 1 is 1.00 bits per heavy atom. The Kier molecular flexibility index (Phi) is 7.73. The van der Waals surface area contributed by atoms with Crippen LogP contribution in [0.4, 0.5) is 10.1 Å². The molecule has 184 valence electrons. The Morgan fingerprint density at radius 3 is 2.42 bits per heavy atom. The summed E-state index contributed by atoms with van der Waals surface area (Å²) in [5.74, 6) is -0.463. The number of nitrogens with zero attached hydrogens (tertiary/aromatic N) is 2. The van der Waals surface area contributed by atoms with Gasteiger partial charge in [-0.05, 0) is 66.7 Å². The van der Waals surface area contributed by atoms with E-state index >= 15 is 0 Å². The number of amides is 1. The molecule has 0 saturated heterocycles. The highest BCUT2D eigenvalue weighted by Gasteiger charge is 2.27. The molecule has 11 heteroatoms. The highest BCUT2D eigenvalue weighted by molar-refractivity contribution is 7.92. The quantitative estimate of drug-likeness (QED) is 0.226. The number of benzene rings is 3. The summed E-state index contributed by atoms with van der Waals surface area (Å²) in [6.45, 7) is -0.593. The van der Waals surface area contributed by atoms with Crippen LogP contribution in [0.5, 0.6) is 0 Å². The molecule has 0 aliphatic carbocycles. The molecule has 1 heterocycles. The number of furan rings is 1. The molecule has 4 rings (SSSR count). The van der Waals surface area contributed by atoms with Gasteiger partial charge in [0.25, 0.3) is 15.9 Å². The maximum Gasteiger partial charge on any atom is 0.264 e. The lowest BCUT2D eigenvalue weighted by atomic mass is 10.2. The van der Waals surface area contributed by atoms with Crippen LogP contribution in [-0.2, 0) is 14.8 Å². The van der Waals surface area contributed by atoms with Gasteiger partial charge in [0.05, 0.1) is 21.8 Å². The number of hydrazone groups is 1. The van der Waals surface area contributed by atoms with E-state index in [1.807, 2.05) is 0 Å². The number of hydrogen-bond acceptors (Lipinski definition) is 5. The summed E-state index contributed by atoms with van der Waals surface area (Å²) in [6.07, 6.45) is 1.26. The van der Waals surface area contributed by atoms with Crippen LogP contribution in [0.15, 0.2) is 99.3 Å². The fourth-order valence-corrected chi connectivity index (χ4v) is 5.18. The summed E-state index contributed by atoms with van der Waals surface area (Å²) >= 11 is 12.1. The maximum atomic E-state index is 13.4. The van der Waals surface area contributed by atoms with Gasteiger partial charge >= 0.3 is 0 Å². The number of nitrogens with one attached hydrogen (secondary N) is 1. The predicted molar refractivity (Wildman–Crippen MR) is 137 cm³/mol. The first-order chi connectivity index (χ1) is 17.2. The van der Waals surface area contributed by atoms with Crippen molar-refractivity contribution in [2.24, 2.45) is 5.10 Å². The fraction of sp³-hybridized carbons (Fsp3) is 0.0400. The summed E-state index contributed by atoms with van der Waals surface area (Å²) < 4.78 is 46.4. The summed E-state index contributed by atoms with van der Waals surface area (Å²) in [4.78, 5) is 12.6. The minimum atomic E-state index is -4.12. The molecule has 0 unspecified atom stereocenters. The van der Waals surface area contributed by atoms with E-state index in [4.69, 9.17) is 27.6 Å². The highest BCUT2D eigenvalue weighted by Crippen LogP contribution is 2.31. The van der Waals surface area contributed by atoms with Crippen LogP contribution < -0.4 is 9.73 Å². The van der Waals surface area contributed by atoms with Gasteiger partial charge in [-0.3, -0.25) is 9.10 Å². The minimum absolute atomic E-state index is 0.0189. The van der Waals surface area contributed by atoms with E-state index in [0.29, 0.717) is 27.1 Å². The van der Waals surface area contributed by atoms with E-state index in [1.54, 1.807) is 48.5 Å². The second-order valence-electron chi connectivity index (χ2n) is 7.42. The first kappa shape index (κ1) is 25.4. The van der Waals surface area contributed by atoms with Crippen molar-refractivity contribution in [1.82, 2.24) is 5.43 Å². The second-order valence-corrected chi connectivity index (χ2v) is 10.1. The molecule has 3 aromatic carbocycles. The molecule has 0 aliphatic heterocycles. The second kappa shape index (κ2) is 10.9. The SMILES string of the molecule is O=C(CN(c1ccc(F)cc1)S(=O)(=O)c1ccccc1)N/N=C\c1ccc(-c2ccc(Cl)cc2Cl)o1. The first-order valence-electron chi connectivity index (χ1n) is 10.4. The molecule has 36 heavy (non-hydrogen) atoms. The molecule has 0 aliphatic rings. The van der Waals surface area contributed by atoms with E-state index in [0.717, 1.165) is 16.4 Å². The first-order valence-corrected chi connectivity index (χ1v) is 12.6. The number of anilines is 1. The van der Waals surface area contributed by atoms with Crippen molar-refractivity contribution in [3.8, 4) is 11.3 Å². The Balaban J connectivity index is 1.49. The van der Waals surface area contributed by atoms with Gasteiger partial charge in [0.15, 0.2) is 0 Å². The summed E-state index contributed by atoms with van der Waals surface area (Å²) in [5.41, 5.74) is 3.03. The van der Waals surface area contributed by atoms with Gasteiger partial charge in [0, 0.05) is 10.6 Å². The van der Waals surface area contributed by atoms with Gasteiger partial charge in [-0.25, -0.2) is 18.2 Å². The van der Waals surface area contributed by atoms with E-state index < -0.39 is 28.3 Å². The molecule has 7 nitrogen and oxygen atoms in total. The zero-order valence-corrected chi connectivity index (χ0v) is 20.8. The molecule has 0 spiro atoms. The molecular formula is C25H18Cl2FN3O4S. The molecule has 0 saturated carbocycles. The van der Waals surface area contributed by atoms with Crippen LogP contribution in [0.3, 0.4) is 0 Å². The molecule has 0 radical (unpaired) electrons. The third-order valence-electron chi connectivity index (χ3n) is 4.94. The van der Waals surface area contributed by atoms with Crippen molar-refractivity contribution in [2.75, 3.05) is 10.8 Å². The average molecular weight is 546 g/mol. The zero-order chi connectivity index (χ0) is 25.7. The monoisotopic (exact) mass is 545 g/mol. The lowest BCUT2D eigenvalue weighted by Gasteiger charge is -2.23. The van der Waals surface area contributed by atoms with Crippen LogP contribution in [0.2, 0.25) is 10.0 Å². The molecule has 1 aromatic heterocycles. The van der Waals surface area contributed by atoms with E-state index in [9.17, 15) is 17.6 Å². The number of sulfonamides is 1. The molecule has 1 N–H and O–H groups in total. The smallest absolute Gasteiger partial charge is 0.264 e. The van der Waals surface area contributed by atoms with Gasteiger partial charge in [-0.1, -0.05) is 41.4 Å². The third kappa shape index (κ3) is 5.93. The lowest BCUT2D eigenvalue weighted by Crippen LogP contribution is -2.39. The van der Waals surface area contributed by atoms with Crippen molar-refractivity contribution < 1.29 is 22.0 Å². The molecule has 0 bridgehead atoms. The summed E-state index contributed by atoms with van der Waals surface area (Å²) in [7, 11) is -4.12. The van der Waals surface area contributed by atoms with Gasteiger partial charge < -0.3 is 4.42 Å². The van der Waals surface area contributed by atoms with E-state index in [1.165, 1.54) is 30.5 Å². The Hall–Kier alpha value is -3.66. The molecule has 1 amide bonds. The number of rotatable bonds is 8. The maximum absolute atomic E-state index is 13.4. The number of carbonyl (C=O) groups is 1. The van der Waals surface area contributed by atoms with Crippen molar-refractivity contribution in [1.29, 1.82) is 0 Å². The summed E-state index contributed by atoms with van der Waals surface area (Å²) in [5, 5.41) is 4.75. The predicted octanol–water partition coefficient (Wildman–Crippen LogP) is 5.74. The lowest BCUT2D eigenvalue weighted by molar-refractivity contribution is -0.119. The van der Waals surface area contributed by atoms with Crippen LogP contribution in [0, 0.1) is 5.82 Å². The molecule has 4 aromatic rings. The molecular weight excluding hydrogens is 528 g/mol. The van der Waals surface area contributed by atoms with Gasteiger partial charge in [0.1, 0.15) is 23.9 Å². The Bertz CT molecular complexity index is 1510. The fourth-order valence-electron chi connectivity index (χ4n) is 3.23. The number of hydrogen-bond donors (Lipinski definition) is 1. The highest BCUT2D eigenvalue weighted by atomic mass is 35.5. The summed E-state index contributed by atoms with van der Waals surface area (Å²) in [6, 6.07) is 20.7. The molecule has 0 atom stereocenters. The van der Waals surface area contributed by atoms with Crippen LogP contribution >= 0.6 is 23.2 Å². The van der Waals surface area contributed by atoms with E-state index in [2.05, 4.69) is 10.5 Å². The topological polar surface area (TPSA) is 92.0 Å². The average Bonchev–Trinajstić information content (AvgIpc) is 3.32. The van der Waals surface area contributed by atoms with Crippen molar-refractivity contribution >= 4 is 51.0 Å². The van der Waals surface area contributed by atoms with Crippen LogP contribution in [0.1, 0.15) is 5.76 Å². The molecule has 0 fully saturated rings. The van der Waals surface area contributed by atoms with Crippen LogP contribution in [-0.4, -0.2) is 27.1 Å². The van der Waals surface area contributed by atoms with E-state index in [-0.39, 0.29) is 10.6 Å². The largest absolute Gasteiger partial charge is 0.455 e. The Labute approximate surface area is 216 Å². The minimum Gasteiger partial charge on any atom is -0.455 e. The zero-order valence-electron chi connectivity index (χ0n) is 18.4. The number of halogens is 3. The normalized spacial score (nSPS) is 11.5. The standard InChI is InChI=1S/C25H18Cl2FN3O4S/c26-17-6-12-22(23(27)14-17)24-13-11-20(35-24)15-29-30-25(32)16-31(19-9-7-18(28)8-10-19)36(33,34)21-4-2-1-3-5-21/h1-15H,16H2,(H,30,32)/b29-15-. The number of carbonyl (C=O) groups excluding carboxylic acids is 1. The van der Waals surface area contributed by atoms with Crippen molar-refractivity contribution in [3.05, 3.63) is 107 Å². The van der Waals surface area contributed by atoms with Gasteiger partial charge in [-0.2, -0.15) is 5.10 Å². The van der Waals surface area contributed by atoms with Crippen molar-refractivity contribution in [2.45, 2.75) is 4.90 Å². The Morgan fingerprint density at radius 2 is 1.72 bits per heavy atom.